The van der Waals surface area contributed by atoms with Gasteiger partial charge in [-0.3, -0.25) is 4.79 Å². The van der Waals surface area contributed by atoms with Crippen LogP contribution in [-0.2, 0) is 0 Å². The van der Waals surface area contributed by atoms with Gasteiger partial charge in [0.15, 0.2) is 0 Å². The maximum atomic E-state index is 11.8. The number of aromatic amines is 1. The van der Waals surface area contributed by atoms with Crippen molar-refractivity contribution in [2.75, 3.05) is 11.9 Å². The Kier molecular flexibility index (Phi) is 6.62. The van der Waals surface area contributed by atoms with Crippen LogP contribution in [0.25, 0.3) is 11.3 Å². The van der Waals surface area contributed by atoms with Gasteiger partial charge >= 0.3 is 6.09 Å². The average molecular weight is 427 g/mol. The van der Waals surface area contributed by atoms with Crippen LogP contribution in [0.2, 0.25) is 0 Å². The molecule has 0 atom stereocenters. The third-order valence-corrected chi connectivity index (χ3v) is 6.19. The summed E-state index contributed by atoms with van der Waals surface area (Å²) >= 11 is 0. The summed E-state index contributed by atoms with van der Waals surface area (Å²) in [4.78, 5) is 28.3. The third-order valence-electron chi connectivity index (χ3n) is 6.19. The Morgan fingerprint density at radius 3 is 2.39 bits per heavy atom. The maximum Gasteiger partial charge on any atom is 0.407 e. The van der Waals surface area contributed by atoms with Gasteiger partial charge in [0.25, 0.3) is 5.91 Å². The zero-order valence-corrected chi connectivity index (χ0v) is 18.9. The van der Waals surface area contributed by atoms with Gasteiger partial charge in [-0.15, -0.1) is 0 Å². The van der Waals surface area contributed by atoms with E-state index in [1.54, 1.807) is 11.0 Å². The summed E-state index contributed by atoms with van der Waals surface area (Å²) in [6, 6.07) is 9.89. The molecule has 1 fully saturated rings. The Morgan fingerprint density at radius 1 is 1.19 bits per heavy atom. The number of amides is 2. The van der Waals surface area contributed by atoms with Crippen LogP contribution in [0.3, 0.4) is 0 Å². The van der Waals surface area contributed by atoms with E-state index in [0.717, 1.165) is 54.9 Å². The number of H-pyrrole nitrogens is 1. The van der Waals surface area contributed by atoms with Crippen LogP contribution in [0.1, 0.15) is 62.5 Å². The number of para-hydroxylation sites is 1. The molecule has 31 heavy (non-hydrogen) atoms. The first-order chi connectivity index (χ1) is 14.6. The number of carbonyl (C=O) groups excluding carboxylic acids is 1. The topological polar surface area (TPSA) is 111 Å². The molecule has 0 radical (unpaired) electrons. The second-order valence-electron chi connectivity index (χ2n) is 9.51. The summed E-state index contributed by atoms with van der Waals surface area (Å²) in [6.45, 7) is 8.54. The lowest BCUT2D eigenvalue weighted by molar-refractivity contribution is 0.0512. The monoisotopic (exact) mass is 426 g/mol. The van der Waals surface area contributed by atoms with Crippen molar-refractivity contribution in [1.82, 2.24) is 9.88 Å². The zero-order chi connectivity index (χ0) is 22.8. The van der Waals surface area contributed by atoms with Gasteiger partial charge in [0.05, 0.1) is 5.56 Å². The normalized spacial score (nSPS) is 19.1. The molecule has 168 valence electrons. The molecular formula is C24H34N4O3. The number of nitrogens with one attached hydrogen (secondary N) is 2. The van der Waals surface area contributed by atoms with E-state index in [1.807, 2.05) is 52.0 Å². The van der Waals surface area contributed by atoms with Crippen LogP contribution in [0, 0.1) is 12.8 Å². The SMILES string of the molecule is Cc1[nH]c(-c2ccccc2NCC2CCC(N(C(=O)O)C(C)(C)C)CC2)cc1C(N)=O. The van der Waals surface area contributed by atoms with E-state index in [-0.39, 0.29) is 6.04 Å². The Balaban J connectivity index is 1.64. The van der Waals surface area contributed by atoms with Crippen LogP contribution in [0.15, 0.2) is 30.3 Å². The van der Waals surface area contributed by atoms with Crippen molar-refractivity contribution in [3.8, 4) is 11.3 Å². The molecule has 1 aromatic carbocycles. The molecule has 2 aromatic rings. The Morgan fingerprint density at radius 2 is 1.84 bits per heavy atom. The number of benzene rings is 1. The van der Waals surface area contributed by atoms with E-state index in [0.29, 0.717) is 11.5 Å². The lowest BCUT2D eigenvalue weighted by Crippen LogP contribution is -2.52. The van der Waals surface area contributed by atoms with Crippen LogP contribution >= 0.6 is 0 Å². The smallest absolute Gasteiger partial charge is 0.407 e. The molecule has 0 bridgehead atoms. The second-order valence-corrected chi connectivity index (χ2v) is 9.51. The van der Waals surface area contributed by atoms with Gasteiger partial charge in [0, 0.05) is 40.8 Å². The largest absolute Gasteiger partial charge is 0.465 e. The molecule has 0 aliphatic heterocycles. The van der Waals surface area contributed by atoms with E-state index in [1.165, 1.54) is 0 Å². The van der Waals surface area contributed by atoms with Crippen molar-refractivity contribution in [2.24, 2.45) is 11.7 Å². The van der Waals surface area contributed by atoms with Crippen molar-refractivity contribution in [1.29, 1.82) is 0 Å². The number of aryl methyl sites for hydroxylation is 1. The van der Waals surface area contributed by atoms with Crippen molar-refractivity contribution < 1.29 is 14.7 Å². The molecule has 0 spiro atoms. The van der Waals surface area contributed by atoms with E-state index in [9.17, 15) is 14.7 Å². The number of carbonyl (C=O) groups is 2. The molecular weight excluding hydrogens is 392 g/mol. The van der Waals surface area contributed by atoms with E-state index in [2.05, 4.69) is 10.3 Å². The molecule has 7 nitrogen and oxygen atoms in total. The van der Waals surface area contributed by atoms with Crippen LogP contribution in [-0.4, -0.2) is 45.1 Å². The molecule has 1 aliphatic rings. The number of hydrogen-bond donors (Lipinski definition) is 4. The fraction of sp³-hybridized carbons (Fsp3) is 0.500. The van der Waals surface area contributed by atoms with Crippen molar-refractivity contribution >= 4 is 17.7 Å². The molecule has 1 heterocycles. The van der Waals surface area contributed by atoms with E-state index in [4.69, 9.17) is 5.73 Å². The average Bonchev–Trinajstić information content (AvgIpc) is 3.08. The summed E-state index contributed by atoms with van der Waals surface area (Å²) in [6.07, 6.45) is 2.92. The maximum absolute atomic E-state index is 11.8. The molecule has 7 heteroatoms. The predicted octanol–water partition coefficient (Wildman–Crippen LogP) is 4.84. The van der Waals surface area contributed by atoms with Crippen molar-refractivity contribution in [2.45, 2.75) is 65.0 Å². The van der Waals surface area contributed by atoms with Crippen LogP contribution < -0.4 is 11.1 Å². The third kappa shape index (κ3) is 5.21. The molecule has 1 saturated carbocycles. The second kappa shape index (κ2) is 9.04. The van der Waals surface area contributed by atoms with Crippen molar-refractivity contribution in [3.05, 3.63) is 41.6 Å². The molecule has 2 amide bonds. The Hall–Kier alpha value is -2.96. The number of hydrogen-bond acceptors (Lipinski definition) is 3. The number of rotatable bonds is 6. The number of anilines is 1. The molecule has 1 aromatic heterocycles. The van der Waals surface area contributed by atoms with Gasteiger partial charge in [0.2, 0.25) is 0 Å². The lowest BCUT2D eigenvalue weighted by atomic mass is 9.84. The number of primary amides is 1. The van der Waals surface area contributed by atoms with E-state index < -0.39 is 17.5 Å². The van der Waals surface area contributed by atoms with Gasteiger partial charge in [-0.05, 0) is 71.4 Å². The first-order valence-corrected chi connectivity index (χ1v) is 10.9. The minimum absolute atomic E-state index is 0.0788. The fourth-order valence-corrected chi connectivity index (χ4v) is 4.68. The Bertz CT molecular complexity index is 937. The fourth-order valence-electron chi connectivity index (χ4n) is 4.68. The van der Waals surface area contributed by atoms with Crippen LogP contribution in [0.4, 0.5) is 10.5 Å². The quantitative estimate of drug-likeness (QED) is 0.529. The molecule has 1 aliphatic carbocycles. The summed E-state index contributed by atoms with van der Waals surface area (Å²) in [5.74, 6) is 0.0549. The standard InChI is InChI=1S/C24H34N4O3/c1-15-19(22(25)29)13-21(27-15)18-7-5-6-8-20(18)26-14-16-9-11-17(12-10-16)28(23(30)31)24(2,3)4/h5-8,13,16-17,26-27H,9-12,14H2,1-4H3,(H2,25,29)(H,30,31). The minimum Gasteiger partial charge on any atom is -0.465 e. The van der Waals surface area contributed by atoms with Gasteiger partial charge in [-0.1, -0.05) is 18.2 Å². The van der Waals surface area contributed by atoms with Gasteiger partial charge in [-0.2, -0.15) is 0 Å². The molecule has 0 unspecified atom stereocenters. The number of nitrogens with two attached hydrogens (primary N) is 1. The molecule has 0 saturated heterocycles. The van der Waals surface area contributed by atoms with Crippen LogP contribution in [0.5, 0.6) is 0 Å². The summed E-state index contributed by atoms with van der Waals surface area (Å²) in [5.41, 5.74) is 9.20. The summed E-state index contributed by atoms with van der Waals surface area (Å²) < 4.78 is 0. The van der Waals surface area contributed by atoms with Crippen molar-refractivity contribution in [3.63, 3.8) is 0 Å². The minimum atomic E-state index is -0.834. The number of nitrogens with zero attached hydrogens (tertiary/aromatic N) is 1. The number of carboxylic acid groups (broad SMARTS) is 1. The highest BCUT2D eigenvalue weighted by Gasteiger charge is 2.35. The highest BCUT2D eigenvalue weighted by atomic mass is 16.4. The first kappa shape index (κ1) is 22.7. The first-order valence-electron chi connectivity index (χ1n) is 10.9. The lowest BCUT2D eigenvalue weighted by Gasteiger charge is -2.42. The number of aromatic nitrogens is 1. The predicted molar refractivity (Wildman–Crippen MR) is 123 cm³/mol. The van der Waals surface area contributed by atoms with Gasteiger partial charge in [0.1, 0.15) is 0 Å². The molecule has 5 N–H and O–H groups in total. The summed E-state index contributed by atoms with van der Waals surface area (Å²) in [5, 5.41) is 13.2. The zero-order valence-electron chi connectivity index (χ0n) is 18.9. The van der Waals surface area contributed by atoms with E-state index >= 15 is 0 Å². The highest BCUT2D eigenvalue weighted by Crippen LogP contribution is 2.33. The summed E-state index contributed by atoms with van der Waals surface area (Å²) in [7, 11) is 0. The Labute approximate surface area is 184 Å². The highest BCUT2D eigenvalue weighted by molar-refractivity contribution is 5.96. The molecule has 3 rings (SSSR count). The van der Waals surface area contributed by atoms with Gasteiger partial charge in [-0.25, -0.2) is 4.79 Å². The van der Waals surface area contributed by atoms with Gasteiger partial charge < -0.3 is 26.0 Å².